The van der Waals surface area contributed by atoms with Crippen LogP contribution in [0.2, 0.25) is 0 Å². The Balaban J connectivity index is 1.22. The standard InChI is InChI=1S/C25H27N5O6/c1-34-17-6-4-16(5-7-17)12-35-18-8-2-15(3-9-18)10-26-23-20-24(28-13-27-23)30(14-29-20)25-22(33)21(32)19(11-31)36-25/h2-9,13-14,19,21-22,25,31-33H,10-12H2,1H3,(H,26,27,28)/t19-,21-,22-,25-/m1/s1. The predicted octanol–water partition coefficient (Wildman–Crippen LogP) is 1.64. The molecule has 36 heavy (non-hydrogen) atoms. The SMILES string of the molecule is COc1ccc(COc2ccc(CNc3ncnc4c3ncn4[C@@H]3O[C@H](CO)[C@@H](O)[C@H]3O)cc2)cc1. The molecule has 0 radical (unpaired) electrons. The van der Waals surface area contributed by atoms with Crippen LogP contribution < -0.4 is 14.8 Å². The third-order valence-electron chi connectivity index (χ3n) is 6.10. The van der Waals surface area contributed by atoms with Crippen LogP contribution in [0.25, 0.3) is 11.2 Å². The zero-order valence-corrected chi connectivity index (χ0v) is 19.6. The molecule has 2 aromatic carbocycles. The third kappa shape index (κ3) is 4.82. The van der Waals surface area contributed by atoms with Gasteiger partial charge in [0.1, 0.15) is 42.7 Å². The smallest absolute Gasteiger partial charge is 0.167 e. The molecular weight excluding hydrogens is 466 g/mol. The quantitative estimate of drug-likeness (QED) is 0.272. The van der Waals surface area contributed by atoms with Crippen molar-refractivity contribution in [3.8, 4) is 11.5 Å². The van der Waals surface area contributed by atoms with E-state index in [9.17, 15) is 15.3 Å². The highest BCUT2D eigenvalue weighted by molar-refractivity contribution is 5.82. The number of benzene rings is 2. The molecule has 1 fully saturated rings. The second-order valence-corrected chi connectivity index (χ2v) is 8.41. The van der Waals surface area contributed by atoms with E-state index in [1.165, 1.54) is 17.2 Å². The number of nitrogens with one attached hydrogen (secondary N) is 1. The molecule has 4 N–H and O–H groups in total. The highest BCUT2D eigenvalue weighted by atomic mass is 16.6. The summed E-state index contributed by atoms with van der Waals surface area (Å²) in [6.45, 7) is 0.540. The molecule has 0 bridgehead atoms. The van der Waals surface area contributed by atoms with Crippen LogP contribution in [0.4, 0.5) is 5.82 Å². The Bertz CT molecular complexity index is 1300. The predicted molar refractivity (Wildman–Crippen MR) is 129 cm³/mol. The summed E-state index contributed by atoms with van der Waals surface area (Å²) in [7, 11) is 1.64. The number of methoxy groups -OCH3 is 1. The first-order valence-corrected chi connectivity index (χ1v) is 11.5. The highest BCUT2D eigenvalue weighted by Gasteiger charge is 2.44. The minimum Gasteiger partial charge on any atom is -0.497 e. The number of hydrogen-bond donors (Lipinski definition) is 4. The first kappa shape index (κ1) is 23.9. The molecule has 188 valence electrons. The van der Waals surface area contributed by atoms with Gasteiger partial charge in [-0.2, -0.15) is 0 Å². The Labute approximate surface area is 206 Å². The Hall–Kier alpha value is -3.77. The Morgan fingerprint density at radius 2 is 1.67 bits per heavy atom. The molecule has 4 aromatic rings. The number of aliphatic hydroxyl groups is 3. The van der Waals surface area contributed by atoms with E-state index in [4.69, 9.17) is 14.2 Å². The monoisotopic (exact) mass is 493 g/mol. The van der Waals surface area contributed by atoms with Gasteiger partial charge >= 0.3 is 0 Å². The molecule has 5 rings (SSSR count). The lowest BCUT2D eigenvalue weighted by atomic mass is 10.1. The van der Waals surface area contributed by atoms with E-state index in [-0.39, 0.29) is 0 Å². The van der Waals surface area contributed by atoms with Gasteiger partial charge in [0.15, 0.2) is 23.2 Å². The molecule has 2 aromatic heterocycles. The summed E-state index contributed by atoms with van der Waals surface area (Å²) in [6, 6.07) is 15.5. The minimum absolute atomic E-state index is 0.408. The Kier molecular flexibility index (Phi) is 6.96. The van der Waals surface area contributed by atoms with Crippen molar-refractivity contribution in [2.75, 3.05) is 19.0 Å². The van der Waals surface area contributed by atoms with Crippen LogP contribution in [-0.4, -0.2) is 66.9 Å². The number of rotatable bonds is 9. The summed E-state index contributed by atoms with van der Waals surface area (Å²) in [5, 5.41) is 33.0. The lowest BCUT2D eigenvalue weighted by Crippen LogP contribution is -2.33. The fourth-order valence-corrected chi connectivity index (χ4v) is 4.06. The van der Waals surface area contributed by atoms with Crippen LogP contribution in [0.5, 0.6) is 11.5 Å². The normalized spacial score (nSPS) is 21.6. The molecule has 4 atom stereocenters. The van der Waals surface area contributed by atoms with Crippen molar-refractivity contribution >= 4 is 17.0 Å². The number of anilines is 1. The van der Waals surface area contributed by atoms with Crippen LogP contribution in [0.15, 0.2) is 61.2 Å². The maximum absolute atomic E-state index is 10.3. The van der Waals surface area contributed by atoms with Crippen molar-refractivity contribution in [2.45, 2.75) is 37.7 Å². The molecule has 3 heterocycles. The molecule has 1 saturated heterocycles. The third-order valence-corrected chi connectivity index (χ3v) is 6.10. The topological polar surface area (TPSA) is 144 Å². The van der Waals surface area contributed by atoms with Gasteiger partial charge < -0.3 is 34.8 Å². The summed E-state index contributed by atoms with van der Waals surface area (Å²) in [4.78, 5) is 12.9. The van der Waals surface area contributed by atoms with Crippen LogP contribution in [-0.2, 0) is 17.9 Å². The van der Waals surface area contributed by atoms with Crippen molar-refractivity contribution in [1.82, 2.24) is 19.5 Å². The van der Waals surface area contributed by atoms with Gasteiger partial charge in [0.05, 0.1) is 20.0 Å². The zero-order chi connectivity index (χ0) is 25.1. The van der Waals surface area contributed by atoms with E-state index in [0.717, 1.165) is 22.6 Å². The Morgan fingerprint density at radius 1 is 0.944 bits per heavy atom. The van der Waals surface area contributed by atoms with E-state index in [1.54, 1.807) is 7.11 Å². The van der Waals surface area contributed by atoms with E-state index in [1.807, 2.05) is 48.5 Å². The number of imidazole rings is 1. The summed E-state index contributed by atoms with van der Waals surface area (Å²) >= 11 is 0. The summed E-state index contributed by atoms with van der Waals surface area (Å²) in [6.07, 6.45) is -1.38. The average molecular weight is 494 g/mol. The van der Waals surface area contributed by atoms with E-state index in [2.05, 4.69) is 20.3 Å². The number of aliphatic hydroxyl groups excluding tert-OH is 3. The van der Waals surface area contributed by atoms with Crippen molar-refractivity contribution in [1.29, 1.82) is 0 Å². The van der Waals surface area contributed by atoms with Crippen LogP contribution >= 0.6 is 0 Å². The van der Waals surface area contributed by atoms with Gasteiger partial charge in [-0.1, -0.05) is 24.3 Å². The van der Waals surface area contributed by atoms with E-state index in [0.29, 0.717) is 30.1 Å². The van der Waals surface area contributed by atoms with Gasteiger partial charge in [-0.05, 0) is 35.4 Å². The molecule has 0 aliphatic carbocycles. The maximum Gasteiger partial charge on any atom is 0.167 e. The van der Waals surface area contributed by atoms with Crippen LogP contribution in [0.3, 0.4) is 0 Å². The number of fused-ring (bicyclic) bond motifs is 1. The van der Waals surface area contributed by atoms with Gasteiger partial charge in [0.25, 0.3) is 0 Å². The van der Waals surface area contributed by atoms with Gasteiger partial charge in [-0.25, -0.2) is 15.0 Å². The fourth-order valence-electron chi connectivity index (χ4n) is 4.06. The highest BCUT2D eigenvalue weighted by Crippen LogP contribution is 2.32. The van der Waals surface area contributed by atoms with Gasteiger partial charge in [0, 0.05) is 6.54 Å². The van der Waals surface area contributed by atoms with E-state index >= 15 is 0 Å². The number of hydrogen-bond acceptors (Lipinski definition) is 10. The van der Waals surface area contributed by atoms with E-state index < -0.39 is 31.1 Å². The van der Waals surface area contributed by atoms with Crippen molar-refractivity contribution in [3.63, 3.8) is 0 Å². The fraction of sp³-hybridized carbons (Fsp3) is 0.320. The summed E-state index contributed by atoms with van der Waals surface area (Å²) in [5.41, 5.74) is 2.99. The second kappa shape index (κ2) is 10.5. The maximum atomic E-state index is 10.3. The lowest BCUT2D eigenvalue weighted by molar-refractivity contribution is -0.0511. The molecule has 0 unspecified atom stereocenters. The van der Waals surface area contributed by atoms with Crippen molar-refractivity contribution < 1.29 is 29.5 Å². The van der Waals surface area contributed by atoms with Gasteiger partial charge in [-0.15, -0.1) is 0 Å². The zero-order valence-electron chi connectivity index (χ0n) is 19.6. The molecule has 1 aliphatic heterocycles. The second-order valence-electron chi connectivity index (χ2n) is 8.41. The van der Waals surface area contributed by atoms with Crippen LogP contribution in [0.1, 0.15) is 17.4 Å². The molecule has 1 aliphatic rings. The summed E-state index contributed by atoms with van der Waals surface area (Å²) in [5.74, 6) is 2.09. The lowest BCUT2D eigenvalue weighted by Gasteiger charge is -2.16. The van der Waals surface area contributed by atoms with Crippen molar-refractivity contribution in [2.24, 2.45) is 0 Å². The van der Waals surface area contributed by atoms with Crippen molar-refractivity contribution in [3.05, 3.63) is 72.3 Å². The first-order chi connectivity index (χ1) is 17.6. The molecule has 11 heteroatoms. The molecular formula is C25H27N5O6. The first-order valence-electron chi connectivity index (χ1n) is 11.5. The largest absolute Gasteiger partial charge is 0.497 e. The molecule has 0 amide bonds. The van der Waals surface area contributed by atoms with Crippen LogP contribution in [0, 0.1) is 0 Å². The molecule has 11 nitrogen and oxygen atoms in total. The number of ether oxygens (including phenoxy) is 3. The molecule has 0 saturated carbocycles. The number of aromatic nitrogens is 4. The number of nitrogens with zero attached hydrogens (tertiary/aromatic N) is 4. The minimum atomic E-state index is -1.23. The molecule has 0 spiro atoms. The Morgan fingerprint density at radius 3 is 2.36 bits per heavy atom. The average Bonchev–Trinajstić information content (AvgIpc) is 3.47. The summed E-state index contributed by atoms with van der Waals surface area (Å²) < 4.78 is 18.2. The van der Waals surface area contributed by atoms with Gasteiger partial charge in [0.2, 0.25) is 0 Å². The van der Waals surface area contributed by atoms with Gasteiger partial charge in [-0.3, -0.25) is 4.57 Å².